The monoisotopic (exact) mass is 450 g/mol. The third-order valence-corrected chi connectivity index (χ3v) is 8.09. The second kappa shape index (κ2) is 8.49. The summed E-state index contributed by atoms with van der Waals surface area (Å²) in [6.07, 6.45) is 2.04. The molecule has 1 aliphatic heterocycles. The highest BCUT2D eigenvalue weighted by molar-refractivity contribution is 7.91. The fraction of sp³-hybridized carbons (Fsp3) is 0.381. The van der Waals surface area contributed by atoms with Crippen molar-refractivity contribution >= 4 is 31.5 Å². The molecule has 1 aliphatic rings. The first-order valence-corrected chi connectivity index (χ1v) is 13.0. The van der Waals surface area contributed by atoms with Gasteiger partial charge in [0.1, 0.15) is 0 Å². The molecule has 0 aliphatic carbocycles. The third-order valence-electron chi connectivity index (χ3n) is 5.10. The number of carbonyl (C=O) groups is 1. The van der Waals surface area contributed by atoms with Gasteiger partial charge in [-0.3, -0.25) is 4.79 Å². The van der Waals surface area contributed by atoms with Crippen LogP contribution in [0.2, 0.25) is 0 Å². The van der Waals surface area contributed by atoms with Gasteiger partial charge in [0.2, 0.25) is 10.0 Å². The van der Waals surface area contributed by atoms with Gasteiger partial charge in [0, 0.05) is 24.9 Å². The van der Waals surface area contributed by atoms with Crippen LogP contribution < -0.4 is 5.32 Å². The van der Waals surface area contributed by atoms with Crippen LogP contribution in [0.4, 0.5) is 5.69 Å². The standard InChI is InChI=1S/C21H26N2O5S2/c1-15-11-16(2)14-23(13-15)30(27,28)18-8-6-7-17(12-18)21(24)22-19-9-4-5-10-20(19)29(3,25)26/h4-10,12,15-16H,11,13-14H2,1-3H3,(H,22,24). The summed E-state index contributed by atoms with van der Waals surface area (Å²) in [5.74, 6) is -0.0477. The molecule has 0 aromatic heterocycles. The second-order valence-electron chi connectivity index (χ2n) is 8.02. The highest BCUT2D eigenvalue weighted by Gasteiger charge is 2.32. The van der Waals surface area contributed by atoms with Crippen molar-refractivity contribution in [3.63, 3.8) is 0 Å². The van der Waals surface area contributed by atoms with Crippen LogP contribution in [-0.4, -0.2) is 46.4 Å². The van der Waals surface area contributed by atoms with Crippen molar-refractivity contribution in [1.29, 1.82) is 0 Å². The second-order valence-corrected chi connectivity index (χ2v) is 11.9. The quantitative estimate of drug-likeness (QED) is 0.755. The van der Waals surface area contributed by atoms with Gasteiger partial charge >= 0.3 is 0 Å². The predicted octanol–water partition coefficient (Wildman–Crippen LogP) is 3.01. The molecule has 9 heteroatoms. The molecular weight excluding hydrogens is 424 g/mol. The molecule has 0 saturated carbocycles. The van der Waals surface area contributed by atoms with Crippen molar-refractivity contribution in [3.05, 3.63) is 54.1 Å². The molecule has 7 nitrogen and oxygen atoms in total. The van der Waals surface area contributed by atoms with Crippen LogP contribution in [0.1, 0.15) is 30.6 Å². The molecule has 30 heavy (non-hydrogen) atoms. The van der Waals surface area contributed by atoms with Crippen LogP contribution in [0.5, 0.6) is 0 Å². The maximum atomic E-state index is 13.1. The molecule has 0 radical (unpaired) electrons. The molecule has 2 unspecified atom stereocenters. The lowest BCUT2D eigenvalue weighted by Crippen LogP contribution is -2.42. The van der Waals surface area contributed by atoms with E-state index < -0.39 is 25.8 Å². The number of rotatable bonds is 5. The number of sulfonamides is 1. The Balaban J connectivity index is 1.88. The number of amides is 1. The molecule has 3 rings (SSSR count). The fourth-order valence-electron chi connectivity index (χ4n) is 3.84. The smallest absolute Gasteiger partial charge is 0.255 e. The number of benzene rings is 2. The summed E-state index contributed by atoms with van der Waals surface area (Å²) in [6, 6.07) is 11.9. The Morgan fingerprint density at radius 1 is 0.967 bits per heavy atom. The third kappa shape index (κ3) is 4.91. The topological polar surface area (TPSA) is 101 Å². The Bertz CT molecular complexity index is 1150. The van der Waals surface area contributed by atoms with E-state index in [2.05, 4.69) is 5.32 Å². The summed E-state index contributed by atoms with van der Waals surface area (Å²) in [6.45, 7) is 4.96. The number of sulfone groups is 1. The van der Waals surface area contributed by atoms with E-state index in [1.165, 1.54) is 40.7 Å². The molecule has 162 valence electrons. The summed E-state index contributed by atoms with van der Waals surface area (Å²) in [5, 5.41) is 2.58. The van der Waals surface area contributed by atoms with E-state index in [9.17, 15) is 21.6 Å². The van der Waals surface area contributed by atoms with E-state index in [1.54, 1.807) is 12.1 Å². The first-order valence-electron chi connectivity index (χ1n) is 9.69. The van der Waals surface area contributed by atoms with Crippen molar-refractivity contribution in [1.82, 2.24) is 4.31 Å². The Hall–Kier alpha value is -2.23. The maximum absolute atomic E-state index is 13.1. The minimum absolute atomic E-state index is 0.00146. The van der Waals surface area contributed by atoms with Gasteiger partial charge in [0.05, 0.1) is 15.5 Å². The molecule has 1 amide bonds. The molecule has 1 heterocycles. The van der Waals surface area contributed by atoms with Crippen LogP contribution >= 0.6 is 0 Å². The summed E-state index contributed by atoms with van der Waals surface area (Å²) >= 11 is 0. The Labute approximate surface area is 178 Å². The molecule has 0 bridgehead atoms. The van der Waals surface area contributed by atoms with Gasteiger partial charge in [-0.2, -0.15) is 4.31 Å². The van der Waals surface area contributed by atoms with Crippen molar-refractivity contribution in [2.75, 3.05) is 24.7 Å². The van der Waals surface area contributed by atoms with Crippen LogP contribution in [-0.2, 0) is 19.9 Å². The number of piperidine rings is 1. The number of nitrogens with one attached hydrogen (secondary N) is 1. The zero-order valence-corrected chi connectivity index (χ0v) is 18.8. The number of hydrogen-bond donors (Lipinski definition) is 1. The number of anilines is 1. The van der Waals surface area contributed by atoms with Crippen LogP contribution in [0, 0.1) is 11.8 Å². The van der Waals surface area contributed by atoms with E-state index in [1.807, 2.05) is 13.8 Å². The summed E-state index contributed by atoms with van der Waals surface area (Å²) in [4.78, 5) is 12.8. The average molecular weight is 451 g/mol. The number of hydrogen-bond acceptors (Lipinski definition) is 5. The zero-order valence-electron chi connectivity index (χ0n) is 17.2. The largest absolute Gasteiger partial charge is 0.321 e. The van der Waals surface area contributed by atoms with Gasteiger partial charge < -0.3 is 5.32 Å². The van der Waals surface area contributed by atoms with Gasteiger partial charge in [0.15, 0.2) is 9.84 Å². The predicted molar refractivity (Wildman–Crippen MR) is 116 cm³/mol. The lowest BCUT2D eigenvalue weighted by Gasteiger charge is -2.34. The Morgan fingerprint density at radius 3 is 2.23 bits per heavy atom. The highest BCUT2D eigenvalue weighted by atomic mass is 32.2. The number of carbonyl (C=O) groups excluding carboxylic acids is 1. The van der Waals surface area contributed by atoms with E-state index in [-0.39, 0.29) is 32.9 Å². The molecule has 2 atom stereocenters. The Kier molecular flexibility index (Phi) is 6.35. The summed E-state index contributed by atoms with van der Waals surface area (Å²) < 4.78 is 51.6. The lowest BCUT2D eigenvalue weighted by molar-refractivity contribution is 0.102. The van der Waals surface area contributed by atoms with Crippen molar-refractivity contribution in [2.24, 2.45) is 11.8 Å². The van der Waals surface area contributed by atoms with Crippen LogP contribution in [0.3, 0.4) is 0 Å². The van der Waals surface area contributed by atoms with Gasteiger partial charge in [-0.05, 0) is 48.6 Å². The normalized spacial score (nSPS) is 20.6. The molecule has 0 spiro atoms. The van der Waals surface area contributed by atoms with Crippen LogP contribution in [0.25, 0.3) is 0 Å². The van der Waals surface area contributed by atoms with Crippen LogP contribution in [0.15, 0.2) is 58.3 Å². The van der Waals surface area contributed by atoms with E-state index in [0.29, 0.717) is 13.1 Å². The summed E-state index contributed by atoms with van der Waals surface area (Å²) in [5.41, 5.74) is 0.287. The van der Waals surface area contributed by atoms with Gasteiger partial charge in [-0.25, -0.2) is 16.8 Å². The summed E-state index contributed by atoms with van der Waals surface area (Å²) in [7, 11) is -7.27. The highest BCUT2D eigenvalue weighted by Crippen LogP contribution is 2.27. The first kappa shape index (κ1) is 22.5. The fourth-order valence-corrected chi connectivity index (χ4v) is 6.41. The lowest BCUT2D eigenvalue weighted by atomic mass is 9.94. The number of para-hydroxylation sites is 1. The molecular formula is C21H26N2O5S2. The molecule has 1 fully saturated rings. The van der Waals surface area contributed by atoms with Crippen molar-refractivity contribution in [3.8, 4) is 0 Å². The maximum Gasteiger partial charge on any atom is 0.255 e. The van der Waals surface area contributed by atoms with Crippen molar-refractivity contribution < 1.29 is 21.6 Å². The van der Waals surface area contributed by atoms with Gasteiger partial charge in [-0.1, -0.05) is 32.0 Å². The SMILES string of the molecule is CC1CC(C)CN(S(=O)(=O)c2cccc(C(=O)Nc3ccccc3S(C)(=O)=O)c2)C1. The molecule has 1 saturated heterocycles. The van der Waals surface area contributed by atoms with E-state index >= 15 is 0 Å². The minimum atomic E-state index is -3.73. The number of nitrogens with zero attached hydrogens (tertiary/aromatic N) is 1. The van der Waals surface area contributed by atoms with E-state index in [4.69, 9.17) is 0 Å². The Morgan fingerprint density at radius 2 is 1.60 bits per heavy atom. The first-order chi connectivity index (χ1) is 14.0. The van der Waals surface area contributed by atoms with Gasteiger partial charge in [-0.15, -0.1) is 0 Å². The molecule has 1 N–H and O–H groups in total. The average Bonchev–Trinajstić information content (AvgIpc) is 2.67. The van der Waals surface area contributed by atoms with Crippen molar-refractivity contribution in [2.45, 2.75) is 30.1 Å². The van der Waals surface area contributed by atoms with Gasteiger partial charge in [0.25, 0.3) is 5.91 Å². The molecule has 2 aromatic rings. The minimum Gasteiger partial charge on any atom is -0.321 e. The molecule has 2 aromatic carbocycles. The zero-order chi connectivity index (χ0) is 22.1. The van der Waals surface area contributed by atoms with E-state index in [0.717, 1.165) is 12.7 Å².